The lowest BCUT2D eigenvalue weighted by Crippen LogP contribution is -2.48. The van der Waals surface area contributed by atoms with Crippen LogP contribution in [0.3, 0.4) is 0 Å². The van der Waals surface area contributed by atoms with E-state index in [9.17, 15) is 14.0 Å². The minimum absolute atomic E-state index is 0.173. The quantitative estimate of drug-likeness (QED) is 0.774. The van der Waals surface area contributed by atoms with Crippen molar-refractivity contribution in [1.82, 2.24) is 10.2 Å². The number of rotatable bonds is 5. The van der Waals surface area contributed by atoms with Gasteiger partial charge in [-0.05, 0) is 47.9 Å². The molecule has 1 saturated heterocycles. The smallest absolute Gasteiger partial charge is 0.255 e. The Morgan fingerprint density at radius 2 is 1.82 bits per heavy atom. The fraction of sp³-hybridized carbons (Fsp3) is 0.333. The second-order valence-electron chi connectivity index (χ2n) is 7.11. The summed E-state index contributed by atoms with van der Waals surface area (Å²) in [6.07, 6.45) is 0. The molecule has 3 rings (SSSR count). The Bertz CT molecular complexity index is 842. The van der Waals surface area contributed by atoms with Gasteiger partial charge in [0.2, 0.25) is 5.91 Å². The van der Waals surface area contributed by atoms with Gasteiger partial charge in [-0.15, -0.1) is 11.8 Å². The molecule has 1 aliphatic rings. The maximum Gasteiger partial charge on any atom is 0.255 e. The summed E-state index contributed by atoms with van der Waals surface area (Å²) in [6.45, 7) is 4.58. The molecule has 0 aromatic heterocycles. The number of hydrogen-bond donors (Lipinski definition) is 1. The van der Waals surface area contributed by atoms with Crippen LogP contribution < -0.4 is 5.32 Å². The zero-order valence-corrected chi connectivity index (χ0v) is 17.3. The SMILES string of the molecule is CC(C)CNC(=O)[C@@H]1CS[C@@H](c2ccc(F)cc2)N1C(=O)c1ccc(Cl)cc1. The summed E-state index contributed by atoms with van der Waals surface area (Å²) >= 11 is 7.44. The van der Waals surface area contributed by atoms with Gasteiger partial charge < -0.3 is 10.2 Å². The molecular formula is C21H22ClFN2O2S. The van der Waals surface area contributed by atoms with Crippen molar-refractivity contribution in [2.75, 3.05) is 12.3 Å². The predicted octanol–water partition coefficient (Wildman–Crippen LogP) is 4.51. The summed E-state index contributed by atoms with van der Waals surface area (Å²) in [5.74, 6) is 0.0272. The van der Waals surface area contributed by atoms with Crippen LogP contribution in [0.2, 0.25) is 5.02 Å². The molecule has 2 aromatic rings. The molecule has 2 atom stereocenters. The molecule has 148 valence electrons. The minimum atomic E-state index is -0.595. The van der Waals surface area contributed by atoms with Crippen molar-refractivity contribution >= 4 is 35.2 Å². The number of nitrogens with one attached hydrogen (secondary N) is 1. The Balaban J connectivity index is 1.91. The van der Waals surface area contributed by atoms with Crippen molar-refractivity contribution in [2.24, 2.45) is 5.92 Å². The molecule has 0 bridgehead atoms. The minimum Gasteiger partial charge on any atom is -0.354 e. The third-order valence-electron chi connectivity index (χ3n) is 4.47. The highest BCUT2D eigenvalue weighted by Crippen LogP contribution is 2.42. The molecule has 0 radical (unpaired) electrons. The molecule has 4 nitrogen and oxygen atoms in total. The van der Waals surface area contributed by atoms with Crippen LogP contribution in [0.1, 0.15) is 35.1 Å². The average Bonchev–Trinajstić information content (AvgIpc) is 3.11. The Morgan fingerprint density at radius 3 is 2.43 bits per heavy atom. The zero-order chi connectivity index (χ0) is 20.3. The second kappa shape index (κ2) is 8.97. The van der Waals surface area contributed by atoms with Gasteiger partial charge in [0.1, 0.15) is 17.2 Å². The first-order valence-corrected chi connectivity index (χ1v) is 10.5. The van der Waals surface area contributed by atoms with Crippen LogP contribution in [0.15, 0.2) is 48.5 Å². The molecule has 1 N–H and O–H groups in total. The lowest BCUT2D eigenvalue weighted by Gasteiger charge is -2.29. The van der Waals surface area contributed by atoms with E-state index in [-0.39, 0.29) is 23.0 Å². The van der Waals surface area contributed by atoms with Crippen LogP contribution >= 0.6 is 23.4 Å². The highest BCUT2D eigenvalue weighted by atomic mass is 35.5. The number of carbonyl (C=O) groups is 2. The Morgan fingerprint density at radius 1 is 1.18 bits per heavy atom. The molecule has 28 heavy (non-hydrogen) atoms. The van der Waals surface area contributed by atoms with E-state index < -0.39 is 6.04 Å². The van der Waals surface area contributed by atoms with Gasteiger partial charge in [0, 0.05) is 22.9 Å². The molecule has 0 unspecified atom stereocenters. The van der Waals surface area contributed by atoms with Crippen LogP contribution in [0, 0.1) is 11.7 Å². The van der Waals surface area contributed by atoms with Crippen molar-refractivity contribution in [3.8, 4) is 0 Å². The number of benzene rings is 2. The Labute approximate surface area is 173 Å². The molecule has 0 aliphatic carbocycles. The summed E-state index contributed by atoms with van der Waals surface area (Å²) in [5, 5.41) is 3.10. The van der Waals surface area contributed by atoms with E-state index in [1.807, 2.05) is 13.8 Å². The van der Waals surface area contributed by atoms with E-state index in [0.717, 1.165) is 5.56 Å². The highest BCUT2D eigenvalue weighted by Gasteiger charge is 2.42. The first-order valence-electron chi connectivity index (χ1n) is 9.10. The number of thioether (sulfide) groups is 1. The number of carbonyl (C=O) groups excluding carboxylic acids is 2. The van der Waals surface area contributed by atoms with Crippen LogP contribution in [-0.2, 0) is 4.79 Å². The van der Waals surface area contributed by atoms with Crippen molar-refractivity contribution in [2.45, 2.75) is 25.3 Å². The van der Waals surface area contributed by atoms with Crippen LogP contribution in [0.4, 0.5) is 4.39 Å². The molecule has 2 aromatic carbocycles. The maximum atomic E-state index is 13.3. The Kier molecular flexibility index (Phi) is 6.62. The van der Waals surface area contributed by atoms with E-state index >= 15 is 0 Å². The Hall–Kier alpha value is -2.05. The first kappa shape index (κ1) is 20.7. The fourth-order valence-corrected chi connectivity index (χ4v) is 4.56. The molecule has 7 heteroatoms. The molecule has 0 spiro atoms. The van der Waals surface area contributed by atoms with Gasteiger partial charge in [-0.3, -0.25) is 9.59 Å². The average molecular weight is 421 g/mol. The summed E-state index contributed by atoms with van der Waals surface area (Å²) in [4.78, 5) is 27.7. The first-order chi connectivity index (χ1) is 13.4. The lowest BCUT2D eigenvalue weighted by molar-refractivity contribution is -0.125. The van der Waals surface area contributed by atoms with Gasteiger partial charge in [0.25, 0.3) is 5.91 Å². The van der Waals surface area contributed by atoms with Gasteiger partial charge in [-0.2, -0.15) is 0 Å². The summed E-state index contributed by atoms with van der Waals surface area (Å²) < 4.78 is 13.3. The van der Waals surface area contributed by atoms with Crippen molar-refractivity contribution < 1.29 is 14.0 Å². The second-order valence-corrected chi connectivity index (χ2v) is 8.66. The van der Waals surface area contributed by atoms with Crippen LogP contribution in [0.25, 0.3) is 0 Å². The summed E-state index contributed by atoms with van der Waals surface area (Å²) in [7, 11) is 0. The molecular weight excluding hydrogens is 399 g/mol. The summed E-state index contributed by atoms with van der Waals surface area (Å²) in [6, 6.07) is 12.1. The van der Waals surface area contributed by atoms with Gasteiger partial charge in [0.05, 0.1) is 0 Å². The van der Waals surface area contributed by atoms with E-state index in [1.165, 1.54) is 23.9 Å². The normalized spacial score (nSPS) is 19.1. The fourth-order valence-electron chi connectivity index (χ4n) is 3.00. The lowest BCUT2D eigenvalue weighted by atomic mass is 10.1. The van der Waals surface area contributed by atoms with Crippen molar-refractivity contribution in [1.29, 1.82) is 0 Å². The summed E-state index contributed by atoms with van der Waals surface area (Å²) in [5.41, 5.74) is 1.24. The van der Waals surface area contributed by atoms with Gasteiger partial charge in [0.15, 0.2) is 0 Å². The number of amides is 2. The van der Waals surface area contributed by atoms with Crippen molar-refractivity contribution in [3.05, 3.63) is 70.5 Å². The van der Waals surface area contributed by atoms with E-state index in [1.54, 1.807) is 41.3 Å². The molecule has 1 fully saturated rings. The number of hydrogen-bond acceptors (Lipinski definition) is 3. The van der Waals surface area contributed by atoms with E-state index in [4.69, 9.17) is 11.6 Å². The topological polar surface area (TPSA) is 49.4 Å². The van der Waals surface area contributed by atoms with Crippen LogP contribution in [-0.4, -0.2) is 35.1 Å². The van der Waals surface area contributed by atoms with E-state index in [0.29, 0.717) is 28.8 Å². The number of halogens is 2. The molecule has 2 amide bonds. The predicted molar refractivity (Wildman–Crippen MR) is 111 cm³/mol. The van der Waals surface area contributed by atoms with Gasteiger partial charge in [-0.25, -0.2) is 4.39 Å². The van der Waals surface area contributed by atoms with Crippen LogP contribution in [0.5, 0.6) is 0 Å². The monoisotopic (exact) mass is 420 g/mol. The third kappa shape index (κ3) is 4.67. The molecule has 1 aliphatic heterocycles. The van der Waals surface area contributed by atoms with Gasteiger partial charge >= 0.3 is 0 Å². The third-order valence-corrected chi connectivity index (χ3v) is 6.04. The number of nitrogens with zero attached hydrogens (tertiary/aromatic N) is 1. The van der Waals surface area contributed by atoms with Gasteiger partial charge in [-0.1, -0.05) is 37.6 Å². The zero-order valence-electron chi connectivity index (χ0n) is 15.7. The standard InChI is InChI=1S/C21H22ClFN2O2S/c1-13(2)11-24-19(26)18-12-28-21(15-5-9-17(23)10-6-15)25(18)20(27)14-3-7-16(22)8-4-14/h3-10,13,18,21H,11-12H2,1-2H3,(H,24,26)/t18-,21-/m0/s1. The molecule has 1 heterocycles. The van der Waals surface area contributed by atoms with E-state index in [2.05, 4.69) is 5.32 Å². The van der Waals surface area contributed by atoms with Crippen molar-refractivity contribution in [3.63, 3.8) is 0 Å². The highest BCUT2D eigenvalue weighted by molar-refractivity contribution is 7.99. The largest absolute Gasteiger partial charge is 0.354 e. The maximum absolute atomic E-state index is 13.3. The molecule has 0 saturated carbocycles.